The number of nitrogens with one attached hydrogen (secondary N) is 1. The third kappa shape index (κ3) is 6.00. The summed E-state index contributed by atoms with van der Waals surface area (Å²) in [5.41, 5.74) is 3.19. The van der Waals surface area contributed by atoms with Gasteiger partial charge in [-0.1, -0.05) is 23.8 Å². The van der Waals surface area contributed by atoms with Gasteiger partial charge in [-0.05, 0) is 43.2 Å². The Morgan fingerprint density at radius 3 is 2.53 bits per heavy atom. The largest absolute Gasteiger partial charge is 0.385 e. The maximum Gasteiger partial charge on any atom is 0.145 e. The Bertz CT molecular complexity index is 1040. The predicted octanol–water partition coefficient (Wildman–Crippen LogP) is 3.84. The second-order valence-electron chi connectivity index (χ2n) is 8.46. The molecule has 1 aromatic heterocycles. The zero-order chi connectivity index (χ0) is 22.3. The highest BCUT2D eigenvalue weighted by molar-refractivity contribution is 5.89. The van der Waals surface area contributed by atoms with Crippen molar-refractivity contribution in [1.82, 2.24) is 19.8 Å². The maximum absolute atomic E-state index is 13.5. The highest BCUT2D eigenvalue weighted by atomic mass is 19.1. The Morgan fingerprint density at radius 2 is 1.78 bits per heavy atom. The van der Waals surface area contributed by atoms with E-state index in [-0.39, 0.29) is 5.82 Å². The first-order valence-electron chi connectivity index (χ1n) is 11.3. The summed E-state index contributed by atoms with van der Waals surface area (Å²) in [7, 11) is 1.72. The van der Waals surface area contributed by atoms with Crippen LogP contribution in [0.2, 0.25) is 0 Å². The molecular weight excluding hydrogens is 405 g/mol. The van der Waals surface area contributed by atoms with Gasteiger partial charge < -0.3 is 10.1 Å². The van der Waals surface area contributed by atoms with Crippen molar-refractivity contribution in [2.45, 2.75) is 26.4 Å². The molecule has 3 aromatic rings. The summed E-state index contributed by atoms with van der Waals surface area (Å²) in [6.45, 7) is 8.93. The third-order valence-electron chi connectivity index (χ3n) is 5.84. The molecule has 1 N–H and O–H groups in total. The summed E-state index contributed by atoms with van der Waals surface area (Å²) in [5, 5.41) is 4.54. The lowest BCUT2D eigenvalue weighted by molar-refractivity contribution is 0.120. The number of benzene rings is 2. The van der Waals surface area contributed by atoms with Crippen LogP contribution in [0.5, 0.6) is 0 Å². The summed E-state index contributed by atoms with van der Waals surface area (Å²) in [6, 6.07) is 13.2. The van der Waals surface area contributed by atoms with Gasteiger partial charge in [0.05, 0.1) is 12.1 Å². The summed E-state index contributed by atoms with van der Waals surface area (Å²) >= 11 is 0. The molecule has 0 aliphatic carbocycles. The quantitative estimate of drug-likeness (QED) is 0.514. The fourth-order valence-corrected chi connectivity index (χ4v) is 4.12. The van der Waals surface area contributed by atoms with Crippen LogP contribution in [0.25, 0.3) is 10.9 Å². The van der Waals surface area contributed by atoms with E-state index in [1.807, 2.05) is 6.07 Å². The number of hydrogen-bond acceptors (Lipinski definition) is 6. The number of rotatable bonds is 9. The maximum atomic E-state index is 13.5. The first-order chi connectivity index (χ1) is 15.6. The Balaban J connectivity index is 1.40. The van der Waals surface area contributed by atoms with Crippen LogP contribution in [0, 0.1) is 12.7 Å². The number of halogens is 1. The monoisotopic (exact) mass is 437 g/mol. The topological polar surface area (TPSA) is 53.5 Å². The van der Waals surface area contributed by atoms with E-state index in [1.165, 1.54) is 11.6 Å². The van der Waals surface area contributed by atoms with Gasteiger partial charge in [0.1, 0.15) is 17.5 Å². The second kappa shape index (κ2) is 10.8. The van der Waals surface area contributed by atoms with E-state index in [0.717, 1.165) is 86.9 Å². The van der Waals surface area contributed by atoms with Gasteiger partial charge >= 0.3 is 0 Å². The number of aryl methyl sites for hydroxylation is 1. The minimum absolute atomic E-state index is 0.170. The number of piperazine rings is 1. The van der Waals surface area contributed by atoms with E-state index < -0.39 is 0 Å². The van der Waals surface area contributed by atoms with Crippen LogP contribution in [0.15, 0.2) is 42.5 Å². The number of anilines is 1. The molecule has 32 heavy (non-hydrogen) atoms. The Morgan fingerprint density at radius 1 is 1.00 bits per heavy atom. The first-order valence-corrected chi connectivity index (χ1v) is 11.3. The van der Waals surface area contributed by atoms with E-state index in [1.54, 1.807) is 19.2 Å². The van der Waals surface area contributed by atoms with Crippen LogP contribution >= 0.6 is 0 Å². The molecule has 0 saturated carbocycles. The molecule has 2 heterocycles. The SMILES string of the molecule is COCCCNc1nc(CN2CCN(Cc3cccc(F)c3)CC2)nc2ccc(C)cc12. The van der Waals surface area contributed by atoms with Gasteiger partial charge in [-0.25, -0.2) is 14.4 Å². The number of methoxy groups -OCH3 is 1. The molecule has 6 nitrogen and oxygen atoms in total. The van der Waals surface area contributed by atoms with Crippen molar-refractivity contribution in [2.24, 2.45) is 0 Å². The number of fused-ring (bicyclic) bond motifs is 1. The minimum atomic E-state index is -0.170. The number of nitrogens with zero attached hydrogens (tertiary/aromatic N) is 4. The van der Waals surface area contributed by atoms with Crippen molar-refractivity contribution in [2.75, 3.05) is 51.8 Å². The van der Waals surface area contributed by atoms with Crippen molar-refractivity contribution in [3.63, 3.8) is 0 Å². The van der Waals surface area contributed by atoms with Gasteiger partial charge in [0.25, 0.3) is 0 Å². The number of hydrogen-bond donors (Lipinski definition) is 1. The van der Waals surface area contributed by atoms with Crippen molar-refractivity contribution in [1.29, 1.82) is 0 Å². The van der Waals surface area contributed by atoms with Gasteiger partial charge in [0.15, 0.2) is 0 Å². The van der Waals surface area contributed by atoms with Crippen molar-refractivity contribution >= 4 is 16.7 Å². The Labute approximate surface area is 189 Å². The normalized spacial score (nSPS) is 15.3. The highest BCUT2D eigenvalue weighted by Crippen LogP contribution is 2.22. The number of aromatic nitrogens is 2. The van der Waals surface area contributed by atoms with E-state index >= 15 is 0 Å². The molecule has 1 aliphatic heterocycles. The fraction of sp³-hybridized carbons (Fsp3) is 0.440. The fourth-order valence-electron chi connectivity index (χ4n) is 4.12. The van der Waals surface area contributed by atoms with Gasteiger partial charge in [0, 0.05) is 58.4 Å². The lowest BCUT2D eigenvalue weighted by Gasteiger charge is -2.34. The molecular formula is C25H32FN5O. The molecule has 1 aliphatic rings. The predicted molar refractivity (Wildman–Crippen MR) is 126 cm³/mol. The van der Waals surface area contributed by atoms with Crippen LogP contribution in [0.1, 0.15) is 23.4 Å². The summed E-state index contributed by atoms with van der Waals surface area (Å²) < 4.78 is 18.6. The second-order valence-corrected chi connectivity index (χ2v) is 8.46. The molecule has 7 heteroatoms. The average molecular weight is 438 g/mol. The molecule has 0 spiro atoms. The van der Waals surface area contributed by atoms with Crippen LogP contribution < -0.4 is 5.32 Å². The van der Waals surface area contributed by atoms with Crippen molar-refractivity contribution in [3.8, 4) is 0 Å². The smallest absolute Gasteiger partial charge is 0.145 e. The van der Waals surface area contributed by atoms with E-state index in [2.05, 4.69) is 40.2 Å². The summed E-state index contributed by atoms with van der Waals surface area (Å²) in [5.74, 6) is 1.57. The van der Waals surface area contributed by atoms with Crippen LogP contribution in [0.3, 0.4) is 0 Å². The molecule has 1 fully saturated rings. The average Bonchev–Trinajstić information content (AvgIpc) is 2.78. The lowest BCUT2D eigenvalue weighted by atomic mass is 10.1. The highest BCUT2D eigenvalue weighted by Gasteiger charge is 2.19. The minimum Gasteiger partial charge on any atom is -0.385 e. The van der Waals surface area contributed by atoms with Crippen LogP contribution in [0.4, 0.5) is 10.2 Å². The Hall–Kier alpha value is -2.61. The van der Waals surface area contributed by atoms with Gasteiger partial charge in [0.2, 0.25) is 0 Å². The molecule has 2 aromatic carbocycles. The van der Waals surface area contributed by atoms with Gasteiger partial charge in [-0.3, -0.25) is 9.80 Å². The van der Waals surface area contributed by atoms with Crippen molar-refractivity contribution in [3.05, 3.63) is 65.2 Å². The molecule has 0 atom stereocenters. The van der Waals surface area contributed by atoms with Gasteiger partial charge in [-0.2, -0.15) is 0 Å². The molecule has 1 saturated heterocycles. The van der Waals surface area contributed by atoms with Crippen molar-refractivity contribution < 1.29 is 9.13 Å². The Kier molecular flexibility index (Phi) is 7.63. The van der Waals surface area contributed by atoms with E-state index in [4.69, 9.17) is 14.7 Å². The number of ether oxygens (including phenoxy) is 1. The van der Waals surface area contributed by atoms with E-state index in [0.29, 0.717) is 0 Å². The lowest BCUT2D eigenvalue weighted by Crippen LogP contribution is -2.45. The summed E-state index contributed by atoms with van der Waals surface area (Å²) in [4.78, 5) is 14.5. The van der Waals surface area contributed by atoms with E-state index in [9.17, 15) is 4.39 Å². The zero-order valence-corrected chi connectivity index (χ0v) is 19.0. The van der Waals surface area contributed by atoms with Crippen LogP contribution in [-0.2, 0) is 17.8 Å². The van der Waals surface area contributed by atoms with Crippen LogP contribution in [-0.4, -0.2) is 66.2 Å². The van der Waals surface area contributed by atoms with Gasteiger partial charge in [-0.15, -0.1) is 0 Å². The standard InChI is InChI=1S/C25H32FN5O/c1-19-7-8-23-22(15-19)25(27-9-4-14-32-2)29-24(28-23)18-31-12-10-30(11-13-31)17-20-5-3-6-21(26)16-20/h3,5-8,15-16H,4,9-14,17-18H2,1-2H3,(H,27,28,29). The molecule has 0 amide bonds. The third-order valence-corrected chi connectivity index (χ3v) is 5.84. The molecule has 0 bridgehead atoms. The molecule has 0 radical (unpaired) electrons. The first kappa shape index (κ1) is 22.6. The molecule has 4 rings (SSSR count). The molecule has 170 valence electrons. The molecule has 0 unspecified atom stereocenters. The summed E-state index contributed by atoms with van der Waals surface area (Å²) in [6.07, 6.45) is 0.927. The zero-order valence-electron chi connectivity index (χ0n) is 19.0.